The summed E-state index contributed by atoms with van der Waals surface area (Å²) in [5, 5.41) is 3.42. The highest BCUT2D eigenvalue weighted by Gasteiger charge is 2.05. The monoisotopic (exact) mass is 301 g/mol. The number of nitrogens with zero attached hydrogens (tertiary/aromatic N) is 3. The van der Waals surface area contributed by atoms with Gasteiger partial charge in [0.25, 0.3) is 0 Å². The van der Waals surface area contributed by atoms with E-state index >= 15 is 0 Å². The van der Waals surface area contributed by atoms with E-state index in [9.17, 15) is 0 Å². The molecular formula is C17H27N5. The highest BCUT2D eigenvalue weighted by Crippen LogP contribution is 2.11. The second kappa shape index (κ2) is 8.41. The molecule has 2 aromatic rings. The summed E-state index contributed by atoms with van der Waals surface area (Å²) in [6.07, 6.45) is 4.36. The first-order chi connectivity index (χ1) is 10.7. The van der Waals surface area contributed by atoms with E-state index < -0.39 is 0 Å². The molecular weight excluding hydrogens is 274 g/mol. The zero-order chi connectivity index (χ0) is 15.8. The molecule has 0 aliphatic carbocycles. The number of guanidine groups is 1. The van der Waals surface area contributed by atoms with Crippen LogP contribution in [-0.4, -0.2) is 48.0 Å². The Balaban J connectivity index is 1.76. The van der Waals surface area contributed by atoms with E-state index in [0.717, 1.165) is 48.7 Å². The van der Waals surface area contributed by atoms with E-state index in [0.29, 0.717) is 0 Å². The number of hydrogen-bond acceptors (Lipinski definition) is 2. The molecule has 5 heteroatoms. The SMILES string of the molecule is CCCCN(C)C(=NC)NCCCc1nc2ccccc2[nH]1. The fraction of sp³-hybridized carbons (Fsp3) is 0.529. The lowest BCUT2D eigenvalue weighted by Gasteiger charge is -2.21. The number of aliphatic imine (C=N–C) groups is 1. The van der Waals surface area contributed by atoms with Gasteiger partial charge in [0.1, 0.15) is 5.82 Å². The summed E-state index contributed by atoms with van der Waals surface area (Å²) in [5.74, 6) is 2.02. The van der Waals surface area contributed by atoms with E-state index in [1.807, 2.05) is 25.2 Å². The van der Waals surface area contributed by atoms with Crippen molar-refractivity contribution < 1.29 is 0 Å². The number of rotatable bonds is 7. The normalized spacial score (nSPS) is 11.9. The predicted molar refractivity (Wildman–Crippen MR) is 93.3 cm³/mol. The molecule has 0 aliphatic rings. The number of para-hydroxylation sites is 2. The topological polar surface area (TPSA) is 56.3 Å². The standard InChI is InChI=1S/C17H27N5/c1-4-5-13-22(3)17(18-2)19-12-8-11-16-20-14-9-6-7-10-15(14)21-16/h6-7,9-10H,4-5,8,11-13H2,1-3H3,(H,18,19)(H,20,21). The first-order valence-electron chi connectivity index (χ1n) is 8.10. The van der Waals surface area contributed by atoms with Gasteiger partial charge in [0, 0.05) is 33.6 Å². The third-order valence-corrected chi connectivity index (χ3v) is 3.73. The van der Waals surface area contributed by atoms with E-state index in [2.05, 4.69) is 45.2 Å². The minimum Gasteiger partial charge on any atom is -0.356 e. The van der Waals surface area contributed by atoms with E-state index in [1.54, 1.807) is 0 Å². The van der Waals surface area contributed by atoms with Crippen molar-refractivity contribution in [2.75, 3.05) is 27.2 Å². The average Bonchev–Trinajstić information content (AvgIpc) is 2.95. The number of aromatic nitrogens is 2. The number of nitrogens with one attached hydrogen (secondary N) is 2. The molecule has 0 aliphatic heterocycles. The number of H-pyrrole nitrogens is 1. The molecule has 2 N–H and O–H groups in total. The van der Waals surface area contributed by atoms with Gasteiger partial charge >= 0.3 is 0 Å². The average molecular weight is 301 g/mol. The minimum absolute atomic E-state index is 0.903. The Hall–Kier alpha value is -2.04. The van der Waals surface area contributed by atoms with Crippen LogP contribution in [0.1, 0.15) is 32.0 Å². The Labute approximate surface area is 132 Å². The summed E-state index contributed by atoms with van der Waals surface area (Å²) >= 11 is 0. The van der Waals surface area contributed by atoms with E-state index in [-0.39, 0.29) is 0 Å². The van der Waals surface area contributed by atoms with Crippen LogP contribution < -0.4 is 5.32 Å². The Morgan fingerprint density at radius 3 is 2.86 bits per heavy atom. The molecule has 0 fully saturated rings. The summed E-state index contributed by atoms with van der Waals surface area (Å²) in [6, 6.07) is 8.15. The maximum absolute atomic E-state index is 4.60. The summed E-state index contributed by atoms with van der Waals surface area (Å²) in [5.41, 5.74) is 2.15. The molecule has 1 aromatic heterocycles. The lowest BCUT2D eigenvalue weighted by atomic mass is 10.3. The van der Waals surface area contributed by atoms with E-state index in [4.69, 9.17) is 0 Å². The Bertz CT molecular complexity index is 569. The van der Waals surface area contributed by atoms with Crippen molar-refractivity contribution in [2.24, 2.45) is 4.99 Å². The molecule has 0 atom stereocenters. The lowest BCUT2D eigenvalue weighted by Crippen LogP contribution is -2.39. The Morgan fingerprint density at radius 1 is 1.32 bits per heavy atom. The van der Waals surface area contributed by atoms with Crippen LogP contribution in [0.3, 0.4) is 0 Å². The van der Waals surface area contributed by atoms with Gasteiger partial charge in [0.2, 0.25) is 0 Å². The van der Waals surface area contributed by atoms with Gasteiger partial charge in [-0.05, 0) is 25.0 Å². The number of fused-ring (bicyclic) bond motifs is 1. The number of benzene rings is 1. The Morgan fingerprint density at radius 2 is 2.14 bits per heavy atom. The van der Waals surface area contributed by atoms with Crippen LogP contribution in [0.15, 0.2) is 29.3 Å². The van der Waals surface area contributed by atoms with Crippen LogP contribution in [0, 0.1) is 0 Å². The second-order valence-corrected chi connectivity index (χ2v) is 5.55. The van der Waals surface area contributed by atoms with Gasteiger partial charge in [-0.3, -0.25) is 4.99 Å². The van der Waals surface area contributed by atoms with E-state index in [1.165, 1.54) is 12.8 Å². The van der Waals surface area contributed by atoms with Crippen molar-refractivity contribution >= 4 is 17.0 Å². The van der Waals surface area contributed by atoms with Gasteiger partial charge in [0.15, 0.2) is 5.96 Å². The second-order valence-electron chi connectivity index (χ2n) is 5.55. The molecule has 0 amide bonds. The first kappa shape index (κ1) is 16.3. The van der Waals surface area contributed by atoms with Crippen molar-refractivity contribution in [1.29, 1.82) is 0 Å². The third-order valence-electron chi connectivity index (χ3n) is 3.73. The van der Waals surface area contributed by atoms with Gasteiger partial charge in [0.05, 0.1) is 11.0 Å². The Kier molecular flexibility index (Phi) is 6.25. The van der Waals surface area contributed by atoms with Crippen LogP contribution in [0.2, 0.25) is 0 Å². The summed E-state index contributed by atoms with van der Waals surface area (Å²) in [6.45, 7) is 4.15. The molecule has 2 rings (SSSR count). The predicted octanol–water partition coefficient (Wildman–Crippen LogP) is 2.80. The van der Waals surface area contributed by atoms with Crippen LogP contribution >= 0.6 is 0 Å². The summed E-state index contributed by atoms with van der Waals surface area (Å²) in [7, 11) is 3.92. The molecule has 1 heterocycles. The van der Waals surface area contributed by atoms with Crippen LogP contribution in [0.25, 0.3) is 11.0 Å². The molecule has 120 valence electrons. The maximum Gasteiger partial charge on any atom is 0.193 e. The van der Waals surface area contributed by atoms with Gasteiger partial charge in [-0.15, -0.1) is 0 Å². The molecule has 0 spiro atoms. The summed E-state index contributed by atoms with van der Waals surface area (Å²) < 4.78 is 0. The van der Waals surface area contributed by atoms with Crippen molar-refractivity contribution in [3.63, 3.8) is 0 Å². The fourth-order valence-electron chi connectivity index (χ4n) is 2.47. The van der Waals surface area contributed by atoms with Crippen molar-refractivity contribution in [3.8, 4) is 0 Å². The van der Waals surface area contributed by atoms with Gasteiger partial charge in [-0.2, -0.15) is 0 Å². The van der Waals surface area contributed by atoms with Crippen LogP contribution in [0.5, 0.6) is 0 Å². The maximum atomic E-state index is 4.60. The van der Waals surface area contributed by atoms with Crippen LogP contribution in [-0.2, 0) is 6.42 Å². The molecule has 0 saturated carbocycles. The summed E-state index contributed by atoms with van der Waals surface area (Å²) in [4.78, 5) is 14.5. The van der Waals surface area contributed by atoms with Gasteiger partial charge in [-0.1, -0.05) is 25.5 Å². The number of unbranched alkanes of at least 4 members (excludes halogenated alkanes) is 1. The number of hydrogen-bond donors (Lipinski definition) is 2. The molecule has 0 unspecified atom stereocenters. The molecule has 22 heavy (non-hydrogen) atoms. The lowest BCUT2D eigenvalue weighted by molar-refractivity contribution is 0.464. The third kappa shape index (κ3) is 4.48. The molecule has 0 bridgehead atoms. The van der Waals surface area contributed by atoms with Crippen LogP contribution in [0.4, 0.5) is 0 Å². The molecule has 5 nitrogen and oxygen atoms in total. The number of imidazole rings is 1. The first-order valence-corrected chi connectivity index (χ1v) is 8.10. The molecule has 0 radical (unpaired) electrons. The fourth-order valence-corrected chi connectivity index (χ4v) is 2.47. The smallest absolute Gasteiger partial charge is 0.193 e. The van der Waals surface area contributed by atoms with Crippen molar-refractivity contribution in [3.05, 3.63) is 30.1 Å². The van der Waals surface area contributed by atoms with Crippen molar-refractivity contribution in [2.45, 2.75) is 32.6 Å². The number of aromatic amines is 1. The molecule has 1 aromatic carbocycles. The molecule has 0 saturated heterocycles. The van der Waals surface area contributed by atoms with Crippen molar-refractivity contribution in [1.82, 2.24) is 20.2 Å². The highest BCUT2D eigenvalue weighted by atomic mass is 15.3. The van der Waals surface area contributed by atoms with Gasteiger partial charge in [-0.25, -0.2) is 4.98 Å². The minimum atomic E-state index is 0.903. The highest BCUT2D eigenvalue weighted by molar-refractivity contribution is 5.79. The van der Waals surface area contributed by atoms with Gasteiger partial charge < -0.3 is 15.2 Å². The largest absolute Gasteiger partial charge is 0.356 e. The zero-order valence-corrected chi connectivity index (χ0v) is 13.9. The number of aryl methyl sites for hydroxylation is 1. The zero-order valence-electron chi connectivity index (χ0n) is 13.9. The quantitative estimate of drug-likeness (QED) is 0.470.